The number of aliphatic hydroxyl groups is 1. The van der Waals surface area contributed by atoms with Crippen LogP contribution in [0.2, 0.25) is 0 Å². The lowest BCUT2D eigenvalue weighted by Gasteiger charge is -2.23. The van der Waals surface area contributed by atoms with E-state index in [0.29, 0.717) is 23.9 Å². The molecule has 2 aromatic rings. The second-order valence-electron chi connectivity index (χ2n) is 7.68. The van der Waals surface area contributed by atoms with E-state index in [1.54, 1.807) is 24.3 Å². The number of nitrogens with one attached hydrogen (secondary N) is 1. The molecule has 0 unspecified atom stereocenters. The van der Waals surface area contributed by atoms with Crippen LogP contribution < -0.4 is 21.4 Å². The van der Waals surface area contributed by atoms with Gasteiger partial charge in [-0.1, -0.05) is 30.3 Å². The Balaban J connectivity index is 1.88. The lowest BCUT2D eigenvalue weighted by molar-refractivity contribution is 0.0256. The van der Waals surface area contributed by atoms with E-state index in [4.69, 9.17) is 21.1 Å². The van der Waals surface area contributed by atoms with Gasteiger partial charge in [-0.3, -0.25) is 4.57 Å². The first-order valence-corrected chi connectivity index (χ1v) is 11.4. The number of aromatic nitrogens is 3. The summed E-state index contributed by atoms with van der Waals surface area (Å²) in [6, 6.07) is 7.22. The summed E-state index contributed by atoms with van der Waals surface area (Å²) in [5.74, 6) is 0.809. The highest BCUT2D eigenvalue weighted by atomic mass is 35.5. The van der Waals surface area contributed by atoms with Crippen LogP contribution in [0.3, 0.4) is 0 Å². The summed E-state index contributed by atoms with van der Waals surface area (Å²) in [6.07, 6.45) is 6.98. The van der Waals surface area contributed by atoms with E-state index in [9.17, 15) is 14.7 Å². The largest absolute Gasteiger partial charge is 0.490 e. The standard InChI is InChI=1S/C24H29ClN4O5/c1-3-18(5-4-17(2)25)16-29-22(27-23(31)28(12-13-30)24(29)32)26-19-6-8-20(9-7-19)34-21-10-14-33-15-11-21/h3-9,21,30H,2,10-16H2,1H3,(H,26,27,31)/b5-4-,18-3+. The molecule has 0 bridgehead atoms. The van der Waals surface area contributed by atoms with E-state index in [-0.39, 0.29) is 31.7 Å². The first-order valence-electron chi connectivity index (χ1n) is 11.0. The molecule has 0 radical (unpaired) electrons. The van der Waals surface area contributed by atoms with Crippen LogP contribution >= 0.6 is 11.6 Å². The zero-order valence-electron chi connectivity index (χ0n) is 19.1. The summed E-state index contributed by atoms with van der Waals surface area (Å²) in [7, 11) is 0. The Morgan fingerprint density at radius 2 is 1.97 bits per heavy atom. The van der Waals surface area contributed by atoms with Crippen molar-refractivity contribution in [3.63, 3.8) is 0 Å². The van der Waals surface area contributed by atoms with Gasteiger partial charge < -0.3 is 19.9 Å². The molecule has 34 heavy (non-hydrogen) atoms. The van der Waals surface area contributed by atoms with Gasteiger partial charge in [-0.05, 0) is 42.8 Å². The fourth-order valence-electron chi connectivity index (χ4n) is 3.41. The number of ether oxygens (including phenoxy) is 2. The topological polar surface area (TPSA) is 108 Å². The van der Waals surface area contributed by atoms with Gasteiger partial charge in [-0.2, -0.15) is 4.98 Å². The van der Waals surface area contributed by atoms with Gasteiger partial charge >= 0.3 is 11.4 Å². The van der Waals surface area contributed by atoms with Gasteiger partial charge in [-0.25, -0.2) is 14.2 Å². The monoisotopic (exact) mass is 488 g/mol. The number of anilines is 2. The highest BCUT2D eigenvalue weighted by Crippen LogP contribution is 2.22. The van der Waals surface area contributed by atoms with Crippen LogP contribution in [0.4, 0.5) is 11.6 Å². The summed E-state index contributed by atoms with van der Waals surface area (Å²) >= 11 is 5.82. The fourth-order valence-corrected chi connectivity index (χ4v) is 3.47. The zero-order valence-corrected chi connectivity index (χ0v) is 19.8. The summed E-state index contributed by atoms with van der Waals surface area (Å²) < 4.78 is 13.6. The number of hydrogen-bond acceptors (Lipinski definition) is 7. The molecule has 1 aromatic carbocycles. The minimum atomic E-state index is -0.746. The van der Waals surface area contributed by atoms with Gasteiger partial charge in [0.25, 0.3) is 0 Å². The zero-order chi connectivity index (χ0) is 24.5. The van der Waals surface area contributed by atoms with Crippen molar-refractivity contribution >= 4 is 23.2 Å². The number of benzene rings is 1. The van der Waals surface area contributed by atoms with Crippen molar-refractivity contribution in [1.82, 2.24) is 14.1 Å². The minimum Gasteiger partial charge on any atom is -0.490 e. The minimum absolute atomic E-state index is 0.0831. The van der Waals surface area contributed by atoms with Crippen molar-refractivity contribution in [1.29, 1.82) is 0 Å². The molecule has 1 saturated heterocycles. The molecule has 1 fully saturated rings. The number of hydrogen-bond donors (Lipinski definition) is 2. The average Bonchev–Trinajstić information content (AvgIpc) is 2.83. The molecule has 0 amide bonds. The number of rotatable bonds is 10. The van der Waals surface area contributed by atoms with Crippen LogP contribution in [0.1, 0.15) is 19.8 Å². The molecule has 9 nitrogen and oxygen atoms in total. The van der Waals surface area contributed by atoms with Crippen molar-refractivity contribution < 1.29 is 14.6 Å². The molecular weight excluding hydrogens is 460 g/mol. The predicted molar refractivity (Wildman–Crippen MR) is 132 cm³/mol. The van der Waals surface area contributed by atoms with E-state index in [2.05, 4.69) is 16.9 Å². The van der Waals surface area contributed by atoms with Gasteiger partial charge in [-0.15, -0.1) is 0 Å². The van der Waals surface area contributed by atoms with E-state index in [0.717, 1.165) is 28.7 Å². The first kappa shape index (κ1) is 25.5. The normalized spacial score (nSPS) is 15.0. The van der Waals surface area contributed by atoms with Crippen molar-refractivity contribution in [2.45, 2.75) is 39.0 Å². The highest BCUT2D eigenvalue weighted by molar-refractivity contribution is 6.30. The summed E-state index contributed by atoms with van der Waals surface area (Å²) in [5, 5.41) is 12.7. The van der Waals surface area contributed by atoms with Gasteiger partial charge in [0.1, 0.15) is 11.9 Å². The third-order valence-corrected chi connectivity index (χ3v) is 5.37. The molecule has 1 aliphatic heterocycles. The average molecular weight is 489 g/mol. The Kier molecular flexibility index (Phi) is 9.26. The maximum Gasteiger partial charge on any atom is 0.355 e. The van der Waals surface area contributed by atoms with Gasteiger partial charge in [0.2, 0.25) is 5.95 Å². The molecule has 2 heterocycles. The van der Waals surface area contributed by atoms with E-state index < -0.39 is 11.4 Å². The van der Waals surface area contributed by atoms with Crippen LogP contribution in [0.25, 0.3) is 0 Å². The molecule has 1 aromatic heterocycles. The van der Waals surface area contributed by atoms with Crippen LogP contribution in [-0.4, -0.2) is 45.1 Å². The van der Waals surface area contributed by atoms with Gasteiger partial charge in [0.05, 0.1) is 32.9 Å². The van der Waals surface area contributed by atoms with Crippen LogP contribution in [0.5, 0.6) is 5.75 Å². The maximum atomic E-state index is 13.1. The van der Waals surface area contributed by atoms with Crippen molar-refractivity contribution in [2.75, 3.05) is 25.1 Å². The highest BCUT2D eigenvalue weighted by Gasteiger charge is 2.16. The lowest BCUT2D eigenvalue weighted by atomic mass is 10.1. The molecule has 3 rings (SSSR count). The van der Waals surface area contributed by atoms with Crippen LogP contribution in [0.15, 0.2) is 69.3 Å². The Labute approximate surface area is 202 Å². The van der Waals surface area contributed by atoms with E-state index in [1.165, 1.54) is 4.57 Å². The molecule has 10 heteroatoms. The fraction of sp³-hybridized carbons (Fsp3) is 0.375. The quantitative estimate of drug-likeness (QED) is 0.495. The predicted octanol–water partition coefficient (Wildman–Crippen LogP) is 2.95. The maximum absolute atomic E-state index is 13.1. The van der Waals surface area contributed by atoms with Crippen molar-refractivity contribution in [3.8, 4) is 5.75 Å². The molecule has 2 N–H and O–H groups in total. The smallest absolute Gasteiger partial charge is 0.355 e. The molecule has 182 valence electrons. The SMILES string of the molecule is C=C(Cl)/C=C\C(=C/C)Cn1c(Nc2ccc(OC3CCOCC3)cc2)nc(=O)n(CCO)c1=O. The van der Waals surface area contributed by atoms with Crippen molar-refractivity contribution in [2.24, 2.45) is 0 Å². The Morgan fingerprint density at radius 1 is 1.26 bits per heavy atom. The molecule has 0 atom stereocenters. The molecule has 0 aliphatic carbocycles. The Bertz CT molecular complexity index is 1160. The number of nitrogens with zero attached hydrogens (tertiary/aromatic N) is 3. The summed E-state index contributed by atoms with van der Waals surface area (Å²) in [5.41, 5.74) is 0.0478. The third kappa shape index (κ3) is 6.93. The van der Waals surface area contributed by atoms with E-state index >= 15 is 0 Å². The Hall–Kier alpha value is -3.14. The van der Waals surface area contributed by atoms with Gasteiger partial charge in [0.15, 0.2) is 0 Å². The second-order valence-corrected chi connectivity index (χ2v) is 8.17. The molecule has 0 saturated carbocycles. The molecule has 1 aliphatic rings. The number of halogens is 1. The van der Waals surface area contributed by atoms with Gasteiger partial charge in [0, 0.05) is 23.6 Å². The summed E-state index contributed by atoms with van der Waals surface area (Å²) in [6.45, 7) is 6.45. The Morgan fingerprint density at radius 3 is 2.59 bits per heavy atom. The number of aliphatic hydroxyl groups excluding tert-OH is 1. The van der Waals surface area contributed by atoms with Crippen LogP contribution in [-0.2, 0) is 17.8 Å². The van der Waals surface area contributed by atoms with E-state index in [1.807, 2.05) is 25.1 Å². The first-order chi connectivity index (χ1) is 16.4. The summed E-state index contributed by atoms with van der Waals surface area (Å²) in [4.78, 5) is 29.6. The van der Waals surface area contributed by atoms with Crippen LogP contribution in [0, 0.1) is 0 Å². The lowest BCUT2D eigenvalue weighted by Crippen LogP contribution is -2.43. The number of allylic oxidation sites excluding steroid dienone is 5. The van der Waals surface area contributed by atoms with Crippen molar-refractivity contribution in [3.05, 3.63) is 80.6 Å². The third-order valence-electron chi connectivity index (χ3n) is 5.24. The molecular formula is C24H29ClN4O5. The molecule has 0 spiro atoms. The second kappa shape index (κ2) is 12.4.